The Bertz CT molecular complexity index is 526. The quantitative estimate of drug-likeness (QED) is 0.520. The molecule has 2 rings (SSSR count). The number of carbonyl (C=O) groups is 2. The first-order valence-corrected chi connectivity index (χ1v) is 8.59. The van der Waals surface area contributed by atoms with Crippen molar-refractivity contribution in [2.24, 2.45) is 5.92 Å². The van der Waals surface area contributed by atoms with Crippen molar-refractivity contribution in [1.29, 1.82) is 0 Å². The van der Waals surface area contributed by atoms with E-state index < -0.39 is 0 Å². The van der Waals surface area contributed by atoms with Crippen molar-refractivity contribution < 1.29 is 9.59 Å². The van der Waals surface area contributed by atoms with E-state index in [1.165, 1.54) is 11.8 Å². The summed E-state index contributed by atoms with van der Waals surface area (Å²) in [4.78, 5) is 29.0. The third-order valence-corrected chi connectivity index (χ3v) is 6.05. The van der Waals surface area contributed by atoms with Gasteiger partial charge in [0.15, 0.2) is 5.12 Å². The fourth-order valence-corrected chi connectivity index (χ4v) is 3.22. The van der Waals surface area contributed by atoms with Gasteiger partial charge in [0.1, 0.15) is 10.4 Å². The Morgan fingerprint density at radius 2 is 2.37 bits per heavy atom. The second-order valence-corrected chi connectivity index (χ2v) is 7.43. The first kappa shape index (κ1) is 15.2. The minimum absolute atomic E-state index is 0.0785. The standard InChI is InChI=1S/C12H12BrIN2O2S/c1-7(17)19-6-8-4-11(18)16(5-8)10-3-2-9(14)12(13)15-10/h2-3,8H,4-6H2,1H3. The molecule has 1 aromatic heterocycles. The molecule has 4 nitrogen and oxygen atoms in total. The molecule has 1 fully saturated rings. The van der Waals surface area contributed by atoms with Gasteiger partial charge in [-0.15, -0.1) is 0 Å². The Morgan fingerprint density at radius 3 is 3.00 bits per heavy atom. The molecular formula is C12H12BrIN2O2S. The van der Waals surface area contributed by atoms with Gasteiger partial charge < -0.3 is 0 Å². The number of nitrogens with zero attached hydrogens (tertiary/aromatic N) is 2. The van der Waals surface area contributed by atoms with E-state index >= 15 is 0 Å². The summed E-state index contributed by atoms with van der Waals surface area (Å²) in [6.07, 6.45) is 0.492. The summed E-state index contributed by atoms with van der Waals surface area (Å²) in [5.74, 6) is 1.67. The Balaban J connectivity index is 2.07. The van der Waals surface area contributed by atoms with E-state index in [1.54, 1.807) is 11.8 Å². The molecule has 1 aliphatic heterocycles. The maximum Gasteiger partial charge on any atom is 0.228 e. The van der Waals surface area contributed by atoms with Crippen LogP contribution in [0.1, 0.15) is 13.3 Å². The lowest BCUT2D eigenvalue weighted by molar-refractivity contribution is -0.117. The number of amides is 1. The molecule has 102 valence electrons. The molecular weight excluding hydrogens is 443 g/mol. The summed E-state index contributed by atoms with van der Waals surface area (Å²) in [7, 11) is 0. The van der Waals surface area contributed by atoms with E-state index in [4.69, 9.17) is 0 Å². The smallest absolute Gasteiger partial charge is 0.228 e. The Labute approximate surface area is 138 Å². The molecule has 7 heteroatoms. The van der Waals surface area contributed by atoms with Gasteiger partial charge in [0.05, 0.1) is 0 Å². The minimum atomic E-state index is 0.0785. The van der Waals surface area contributed by atoms with Crippen molar-refractivity contribution in [3.63, 3.8) is 0 Å². The Kier molecular flexibility index (Phi) is 5.24. The average molecular weight is 455 g/mol. The largest absolute Gasteiger partial charge is 0.296 e. The lowest BCUT2D eigenvalue weighted by atomic mass is 10.1. The zero-order chi connectivity index (χ0) is 14.0. The highest BCUT2D eigenvalue weighted by molar-refractivity contribution is 14.1. The number of hydrogen-bond acceptors (Lipinski definition) is 4. The number of rotatable bonds is 3. The Morgan fingerprint density at radius 1 is 1.63 bits per heavy atom. The molecule has 0 aromatic carbocycles. The number of halogens is 2. The lowest BCUT2D eigenvalue weighted by Gasteiger charge is -2.16. The van der Waals surface area contributed by atoms with Gasteiger partial charge in [-0.25, -0.2) is 4.98 Å². The monoisotopic (exact) mass is 454 g/mol. The number of anilines is 1. The third-order valence-electron chi connectivity index (χ3n) is 2.79. The highest BCUT2D eigenvalue weighted by atomic mass is 127. The fourth-order valence-electron chi connectivity index (χ4n) is 1.91. The number of hydrogen-bond donors (Lipinski definition) is 0. The molecule has 19 heavy (non-hydrogen) atoms. The van der Waals surface area contributed by atoms with Crippen LogP contribution in [0.15, 0.2) is 16.7 Å². The van der Waals surface area contributed by atoms with Crippen LogP contribution in [0.25, 0.3) is 0 Å². The molecule has 2 heterocycles. The first-order chi connectivity index (χ1) is 8.97. The molecule has 1 saturated heterocycles. The molecule has 0 aliphatic carbocycles. The van der Waals surface area contributed by atoms with Crippen molar-refractivity contribution in [3.05, 3.63) is 20.3 Å². The summed E-state index contributed by atoms with van der Waals surface area (Å²) < 4.78 is 1.76. The SMILES string of the molecule is CC(=O)SCC1CC(=O)N(c2ccc(I)c(Br)n2)C1. The molecule has 1 aliphatic rings. The fraction of sp³-hybridized carbons (Fsp3) is 0.417. The number of carbonyl (C=O) groups excluding carboxylic acids is 2. The van der Waals surface area contributed by atoms with Crippen LogP contribution in [0.2, 0.25) is 0 Å². The van der Waals surface area contributed by atoms with Crippen LogP contribution in [0, 0.1) is 9.49 Å². The van der Waals surface area contributed by atoms with Crippen molar-refractivity contribution in [1.82, 2.24) is 4.98 Å². The van der Waals surface area contributed by atoms with Gasteiger partial charge in [-0.1, -0.05) is 11.8 Å². The van der Waals surface area contributed by atoms with Crippen LogP contribution in [0.3, 0.4) is 0 Å². The van der Waals surface area contributed by atoms with E-state index in [2.05, 4.69) is 43.5 Å². The van der Waals surface area contributed by atoms with E-state index in [0.717, 1.165) is 8.17 Å². The number of thioether (sulfide) groups is 1. The van der Waals surface area contributed by atoms with Crippen molar-refractivity contribution in [3.8, 4) is 0 Å². The molecule has 0 spiro atoms. The Hall–Kier alpha value is -0.150. The zero-order valence-electron chi connectivity index (χ0n) is 10.2. The van der Waals surface area contributed by atoms with Gasteiger partial charge in [0.25, 0.3) is 0 Å². The van der Waals surface area contributed by atoms with Gasteiger partial charge in [-0.3, -0.25) is 14.5 Å². The van der Waals surface area contributed by atoms with Crippen LogP contribution >= 0.6 is 50.3 Å². The van der Waals surface area contributed by atoms with Crippen LogP contribution in [0.4, 0.5) is 5.82 Å². The zero-order valence-corrected chi connectivity index (χ0v) is 14.8. The average Bonchev–Trinajstić information content (AvgIpc) is 2.72. The topological polar surface area (TPSA) is 50.3 Å². The van der Waals surface area contributed by atoms with Gasteiger partial charge in [0.2, 0.25) is 5.91 Å². The molecule has 0 bridgehead atoms. The van der Waals surface area contributed by atoms with E-state index in [0.29, 0.717) is 24.5 Å². The maximum atomic E-state index is 12.0. The van der Waals surface area contributed by atoms with Crippen LogP contribution in [0.5, 0.6) is 0 Å². The molecule has 1 amide bonds. The van der Waals surface area contributed by atoms with Crippen molar-refractivity contribution in [2.75, 3.05) is 17.2 Å². The van der Waals surface area contributed by atoms with E-state index in [9.17, 15) is 9.59 Å². The van der Waals surface area contributed by atoms with Gasteiger partial charge in [-0.2, -0.15) is 0 Å². The normalized spacial score (nSPS) is 19.0. The summed E-state index contributed by atoms with van der Waals surface area (Å²) >= 11 is 6.84. The number of pyridine rings is 1. The summed E-state index contributed by atoms with van der Waals surface area (Å²) in [6, 6.07) is 3.78. The van der Waals surface area contributed by atoms with E-state index in [1.807, 2.05) is 12.1 Å². The second-order valence-electron chi connectivity index (χ2n) is 4.32. The lowest BCUT2D eigenvalue weighted by Crippen LogP contribution is -2.25. The summed E-state index contributed by atoms with van der Waals surface area (Å²) in [5.41, 5.74) is 0. The molecule has 1 unspecified atom stereocenters. The van der Waals surface area contributed by atoms with Crippen LogP contribution < -0.4 is 4.90 Å². The maximum absolute atomic E-state index is 12.0. The van der Waals surface area contributed by atoms with Crippen molar-refractivity contribution in [2.45, 2.75) is 13.3 Å². The first-order valence-electron chi connectivity index (χ1n) is 5.73. The third kappa shape index (κ3) is 3.91. The predicted octanol–water partition coefficient (Wildman–Crippen LogP) is 3.08. The van der Waals surface area contributed by atoms with Crippen LogP contribution in [-0.2, 0) is 9.59 Å². The second kappa shape index (κ2) is 6.53. The molecule has 1 atom stereocenters. The molecule has 0 saturated carbocycles. The highest BCUT2D eigenvalue weighted by Crippen LogP contribution is 2.28. The molecule has 1 aromatic rings. The number of aromatic nitrogens is 1. The molecule has 0 radical (unpaired) electrons. The molecule has 0 N–H and O–H groups in total. The van der Waals surface area contributed by atoms with Crippen molar-refractivity contribution >= 4 is 67.1 Å². The van der Waals surface area contributed by atoms with Crippen LogP contribution in [-0.4, -0.2) is 28.3 Å². The predicted molar refractivity (Wildman–Crippen MR) is 88.3 cm³/mol. The summed E-state index contributed by atoms with van der Waals surface area (Å²) in [5, 5.41) is 0.0982. The van der Waals surface area contributed by atoms with Gasteiger partial charge in [-0.05, 0) is 56.6 Å². The van der Waals surface area contributed by atoms with E-state index in [-0.39, 0.29) is 16.9 Å². The van der Waals surface area contributed by atoms with Gasteiger partial charge >= 0.3 is 0 Å². The highest BCUT2D eigenvalue weighted by Gasteiger charge is 2.31. The van der Waals surface area contributed by atoms with Gasteiger partial charge in [0, 0.05) is 29.2 Å². The minimum Gasteiger partial charge on any atom is -0.296 e. The summed E-state index contributed by atoms with van der Waals surface area (Å²) in [6.45, 7) is 2.19.